The van der Waals surface area contributed by atoms with Crippen LogP contribution in [0.3, 0.4) is 0 Å². The average Bonchev–Trinajstić information content (AvgIpc) is 3.02. The third kappa shape index (κ3) is 3.24. The minimum absolute atomic E-state index is 0.0905. The number of imide groups is 1. The van der Waals surface area contributed by atoms with E-state index in [4.69, 9.17) is 0 Å². The Labute approximate surface area is 175 Å². The summed E-state index contributed by atoms with van der Waals surface area (Å²) < 4.78 is 0. The molecule has 3 aliphatic heterocycles. The summed E-state index contributed by atoms with van der Waals surface area (Å²) in [4.78, 5) is 52.6. The number of rotatable bonds is 2. The number of urea groups is 1. The molecule has 2 N–H and O–H groups in total. The van der Waals surface area contributed by atoms with Crippen molar-refractivity contribution in [2.75, 3.05) is 18.4 Å². The molecule has 158 valence electrons. The van der Waals surface area contributed by atoms with Gasteiger partial charge < -0.3 is 15.1 Å². The normalized spacial score (nSPS) is 25.1. The molecule has 30 heavy (non-hydrogen) atoms. The average molecular weight is 410 g/mol. The topological polar surface area (TPSA) is 98.8 Å². The molecule has 1 atom stereocenters. The van der Waals surface area contributed by atoms with Gasteiger partial charge in [0.2, 0.25) is 11.8 Å². The van der Waals surface area contributed by atoms with Gasteiger partial charge in [0.15, 0.2) is 0 Å². The van der Waals surface area contributed by atoms with Crippen LogP contribution in [0.2, 0.25) is 0 Å². The number of nitrogens with one attached hydrogen (secondary N) is 2. The molecule has 1 aromatic rings. The summed E-state index contributed by atoms with van der Waals surface area (Å²) in [6.45, 7) is 1.91. The predicted molar refractivity (Wildman–Crippen MR) is 109 cm³/mol. The Kier molecular flexibility index (Phi) is 4.52. The molecule has 1 unspecified atom stereocenters. The van der Waals surface area contributed by atoms with Gasteiger partial charge in [0.25, 0.3) is 5.91 Å². The Morgan fingerprint density at radius 2 is 1.93 bits per heavy atom. The van der Waals surface area contributed by atoms with Crippen LogP contribution in [0, 0.1) is 5.41 Å². The van der Waals surface area contributed by atoms with Crippen molar-refractivity contribution in [1.29, 1.82) is 0 Å². The first-order chi connectivity index (χ1) is 14.4. The third-order valence-corrected chi connectivity index (χ3v) is 7.14. The van der Waals surface area contributed by atoms with Crippen LogP contribution in [-0.2, 0) is 16.1 Å². The van der Waals surface area contributed by atoms with Gasteiger partial charge in [-0.2, -0.15) is 0 Å². The van der Waals surface area contributed by atoms with E-state index >= 15 is 0 Å². The summed E-state index contributed by atoms with van der Waals surface area (Å²) in [5.74, 6) is -0.928. The van der Waals surface area contributed by atoms with E-state index in [1.54, 1.807) is 12.1 Å². The lowest BCUT2D eigenvalue weighted by molar-refractivity contribution is -0.136. The summed E-state index contributed by atoms with van der Waals surface area (Å²) in [7, 11) is 0. The number of nitrogens with zero attached hydrogens (tertiary/aromatic N) is 2. The maximum absolute atomic E-state index is 12.8. The summed E-state index contributed by atoms with van der Waals surface area (Å²) in [5.41, 5.74) is 2.33. The van der Waals surface area contributed by atoms with Crippen LogP contribution in [0.25, 0.3) is 0 Å². The first kappa shape index (κ1) is 19.1. The van der Waals surface area contributed by atoms with Gasteiger partial charge in [-0.25, -0.2) is 4.79 Å². The molecule has 1 aromatic carbocycles. The molecule has 1 saturated carbocycles. The fourth-order valence-electron chi connectivity index (χ4n) is 5.32. The Morgan fingerprint density at radius 3 is 2.67 bits per heavy atom. The molecule has 4 aliphatic rings. The van der Waals surface area contributed by atoms with E-state index in [2.05, 4.69) is 10.6 Å². The van der Waals surface area contributed by atoms with E-state index < -0.39 is 11.9 Å². The molecule has 1 spiro atoms. The van der Waals surface area contributed by atoms with Crippen molar-refractivity contribution in [2.24, 2.45) is 5.41 Å². The SMILES string of the molecule is O=C1CCC(N2Cc3cc(NC(=O)N4CCCC5(CCC5)C4)ccc3C2=O)C(=O)N1. The second kappa shape index (κ2) is 7.11. The number of carbonyl (C=O) groups is 4. The lowest BCUT2D eigenvalue weighted by Crippen LogP contribution is -2.52. The minimum atomic E-state index is -0.632. The van der Waals surface area contributed by atoms with Crippen molar-refractivity contribution in [1.82, 2.24) is 15.1 Å². The van der Waals surface area contributed by atoms with Gasteiger partial charge in [-0.1, -0.05) is 6.42 Å². The fourth-order valence-corrected chi connectivity index (χ4v) is 5.32. The molecule has 0 bridgehead atoms. The largest absolute Gasteiger partial charge is 0.324 e. The van der Waals surface area contributed by atoms with Gasteiger partial charge in [0, 0.05) is 37.3 Å². The van der Waals surface area contributed by atoms with E-state index in [1.165, 1.54) is 30.6 Å². The Hall–Kier alpha value is -2.90. The zero-order chi connectivity index (χ0) is 20.9. The molecule has 8 heteroatoms. The number of anilines is 1. The predicted octanol–water partition coefficient (Wildman–Crippen LogP) is 2.25. The van der Waals surface area contributed by atoms with Gasteiger partial charge >= 0.3 is 6.03 Å². The smallest absolute Gasteiger partial charge is 0.321 e. The van der Waals surface area contributed by atoms with E-state index in [0.29, 0.717) is 29.6 Å². The molecule has 8 nitrogen and oxygen atoms in total. The Morgan fingerprint density at radius 1 is 1.13 bits per heavy atom. The van der Waals surface area contributed by atoms with Crippen LogP contribution in [0.1, 0.15) is 60.9 Å². The lowest BCUT2D eigenvalue weighted by Gasteiger charge is -2.48. The molecule has 0 radical (unpaired) electrons. The number of hydrogen-bond acceptors (Lipinski definition) is 4. The molecule has 5 amide bonds. The first-order valence-corrected chi connectivity index (χ1v) is 10.8. The maximum Gasteiger partial charge on any atom is 0.321 e. The number of piperidine rings is 2. The van der Waals surface area contributed by atoms with Crippen molar-refractivity contribution in [3.63, 3.8) is 0 Å². The standard InChI is InChI=1S/C22H26N4O4/c27-18-6-5-17(19(28)24-18)26-12-14-11-15(3-4-16(14)20(26)29)23-21(30)25-10-2-9-22(13-25)7-1-8-22/h3-4,11,17H,1-2,5-10,12-13H2,(H,23,30)(H,24,27,28). The van der Waals surface area contributed by atoms with E-state index in [1.807, 2.05) is 11.0 Å². The summed E-state index contributed by atoms with van der Waals surface area (Å²) >= 11 is 0. The Bertz CT molecular complexity index is 939. The summed E-state index contributed by atoms with van der Waals surface area (Å²) in [5, 5.41) is 5.29. The van der Waals surface area contributed by atoms with Gasteiger partial charge in [-0.15, -0.1) is 0 Å². The number of hydrogen-bond donors (Lipinski definition) is 2. The number of carbonyl (C=O) groups excluding carboxylic acids is 4. The van der Waals surface area contributed by atoms with Crippen molar-refractivity contribution in [3.05, 3.63) is 29.3 Å². The van der Waals surface area contributed by atoms with Crippen molar-refractivity contribution in [2.45, 2.75) is 57.5 Å². The molecule has 2 saturated heterocycles. The molecule has 3 heterocycles. The van der Waals surface area contributed by atoms with Crippen molar-refractivity contribution >= 4 is 29.4 Å². The highest BCUT2D eigenvalue weighted by Crippen LogP contribution is 2.47. The van der Waals surface area contributed by atoms with E-state index in [9.17, 15) is 19.2 Å². The molecular formula is C22H26N4O4. The van der Waals surface area contributed by atoms with Crippen LogP contribution in [-0.4, -0.2) is 52.7 Å². The molecule has 0 aromatic heterocycles. The number of benzene rings is 1. The molecular weight excluding hydrogens is 384 g/mol. The second-order valence-electron chi connectivity index (χ2n) is 9.08. The molecule has 5 rings (SSSR count). The van der Waals surface area contributed by atoms with Crippen LogP contribution in [0.15, 0.2) is 18.2 Å². The number of likely N-dealkylation sites (tertiary alicyclic amines) is 1. The highest BCUT2D eigenvalue weighted by molar-refractivity contribution is 6.05. The highest BCUT2D eigenvalue weighted by Gasteiger charge is 2.42. The van der Waals surface area contributed by atoms with Gasteiger partial charge in [-0.3, -0.25) is 19.7 Å². The van der Waals surface area contributed by atoms with Crippen LogP contribution < -0.4 is 10.6 Å². The first-order valence-electron chi connectivity index (χ1n) is 10.8. The van der Waals surface area contributed by atoms with Crippen LogP contribution in [0.4, 0.5) is 10.5 Å². The van der Waals surface area contributed by atoms with E-state index in [0.717, 1.165) is 25.1 Å². The molecule has 3 fully saturated rings. The minimum Gasteiger partial charge on any atom is -0.324 e. The monoisotopic (exact) mass is 410 g/mol. The summed E-state index contributed by atoms with van der Waals surface area (Å²) in [6, 6.07) is 4.55. The van der Waals surface area contributed by atoms with Gasteiger partial charge in [-0.05, 0) is 61.3 Å². The van der Waals surface area contributed by atoms with E-state index in [-0.39, 0.29) is 24.3 Å². The van der Waals surface area contributed by atoms with Crippen LogP contribution >= 0.6 is 0 Å². The van der Waals surface area contributed by atoms with Gasteiger partial charge in [0.1, 0.15) is 6.04 Å². The van der Waals surface area contributed by atoms with Crippen molar-refractivity contribution < 1.29 is 19.2 Å². The van der Waals surface area contributed by atoms with Gasteiger partial charge in [0.05, 0.1) is 0 Å². The second-order valence-corrected chi connectivity index (χ2v) is 9.08. The lowest BCUT2D eigenvalue weighted by atomic mass is 9.64. The van der Waals surface area contributed by atoms with Crippen LogP contribution in [0.5, 0.6) is 0 Å². The number of fused-ring (bicyclic) bond motifs is 1. The highest BCUT2D eigenvalue weighted by atomic mass is 16.2. The zero-order valence-corrected chi connectivity index (χ0v) is 16.9. The number of amides is 5. The zero-order valence-electron chi connectivity index (χ0n) is 16.9. The summed E-state index contributed by atoms with van der Waals surface area (Å²) in [6.07, 6.45) is 6.53. The third-order valence-electron chi connectivity index (χ3n) is 7.14. The quantitative estimate of drug-likeness (QED) is 0.731. The fraction of sp³-hybridized carbons (Fsp3) is 0.545. The maximum atomic E-state index is 12.8. The molecule has 1 aliphatic carbocycles. The Balaban J connectivity index is 1.27. The van der Waals surface area contributed by atoms with Crippen molar-refractivity contribution in [3.8, 4) is 0 Å².